The Morgan fingerprint density at radius 2 is 2.04 bits per heavy atom. The summed E-state index contributed by atoms with van der Waals surface area (Å²) in [6, 6.07) is 6.78. The Hall–Kier alpha value is -2.26. The third-order valence-electron chi connectivity index (χ3n) is 3.60. The summed E-state index contributed by atoms with van der Waals surface area (Å²) in [5.41, 5.74) is 0. The molecule has 138 valence electrons. The monoisotopic (exact) mass is 395 g/mol. The fraction of sp³-hybridized carbons (Fsp3) is 0.375. The van der Waals surface area contributed by atoms with E-state index >= 15 is 0 Å². The molecule has 10 heteroatoms. The standard InChI is InChI=1S/C16H18ClN5O3S/c1-22-13(8-25-12-6-2-10(17)3-7-12)20-21-16(22)26-9-14(23)19-15(24)18-11-4-5-11/h2-3,6-7,11H,4-5,8-9H2,1H3,(H2,18,19,23,24). The maximum atomic E-state index is 11.8. The van der Waals surface area contributed by atoms with E-state index in [9.17, 15) is 9.59 Å². The molecule has 1 aromatic heterocycles. The SMILES string of the molecule is Cn1c(COc2ccc(Cl)cc2)nnc1SCC(=O)NC(=O)NC1CC1. The summed E-state index contributed by atoms with van der Waals surface area (Å²) in [5.74, 6) is 0.986. The number of thioether (sulfide) groups is 1. The molecule has 1 aromatic carbocycles. The molecular formula is C16H18ClN5O3S. The Balaban J connectivity index is 1.46. The van der Waals surface area contributed by atoms with E-state index in [4.69, 9.17) is 16.3 Å². The van der Waals surface area contributed by atoms with Gasteiger partial charge in [-0.15, -0.1) is 10.2 Å². The number of carbonyl (C=O) groups is 2. The third-order valence-corrected chi connectivity index (χ3v) is 4.88. The van der Waals surface area contributed by atoms with Crippen molar-refractivity contribution in [2.24, 2.45) is 7.05 Å². The lowest BCUT2D eigenvalue weighted by atomic mass is 10.3. The molecule has 2 aromatic rings. The molecule has 2 N–H and O–H groups in total. The second-order valence-electron chi connectivity index (χ2n) is 5.79. The van der Waals surface area contributed by atoms with Gasteiger partial charge in [0.05, 0.1) is 5.75 Å². The molecule has 26 heavy (non-hydrogen) atoms. The van der Waals surface area contributed by atoms with Crippen LogP contribution in [0.5, 0.6) is 5.75 Å². The van der Waals surface area contributed by atoms with E-state index in [1.54, 1.807) is 35.9 Å². The van der Waals surface area contributed by atoms with Crippen molar-refractivity contribution in [3.05, 3.63) is 35.1 Å². The van der Waals surface area contributed by atoms with Crippen molar-refractivity contribution >= 4 is 35.3 Å². The van der Waals surface area contributed by atoms with Crippen LogP contribution >= 0.6 is 23.4 Å². The van der Waals surface area contributed by atoms with Gasteiger partial charge in [0.25, 0.3) is 0 Å². The minimum absolute atomic E-state index is 0.0715. The summed E-state index contributed by atoms with van der Waals surface area (Å²) in [6.07, 6.45) is 1.94. The number of nitrogens with zero attached hydrogens (tertiary/aromatic N) is 3. The molecule has 0 bridgehead atoms. The van der Waals surface area contributed by atoms with Crippen LogP contribution in [0.25, 0.3) is 0 Å². The minimum Gasteiger partial charge on any atom is -0.486 e. The van der Waals surface area contributed by atoms with Crippen LogP contribution in [0, 0.1) is 0 Å². The number of ether oxygens (including phenoxy) is 1. The van der Waals surface area contributed by atoms with Gasteiger partial charge >= 0.3 is 6.03 Å². The molecule has 1 aliphatic rings. The normalized spacial score (nSPS) is 13.3. The number of halogens is 1. The zero-order chi connectivity index (χ0) is 18.5. The zero-order valence-electron chi connectivity index (χ0n) is 14.1. The van der Waals surface area contributed by atoms with Gasteiger partial charge in [-0.05, 0) is 37.1 Å². The number of imide groups is 1. The van der Waals surface area contributed by atoms with Crippen LogP contribution < -0.4 is 15.4 Å². The first-order valence-electron chi connectivity index (χ1n) is 8.01. The second-order valence-corrected chi connectivity index (χ2v) is 7.16. The number of nitrogens with one attached hydrogen (secondary N) is 2. The molecule has 0 radical (unpaired) electrons. The highest BCUT2D eigenvalue weighted by atomic mass is 35.5. The van der Waals surface area contributed by atoms with Crippen LogP contribution in [0.4, 0.5) is 4.79 Å². The van der Waals surface area contributed by atoms with Crippen LogP contribution in [-0.4, -0.2) is 38.5 Å². The molecule has 1 heterocycles. The molecular weight excluding hydrogens is 378 g/mol. The Kier molecular flexibility index (Phi) is 6.00. The van der Waals surface area contributed by atoms with Crippen molar-refractivity contribution in [1.82, 2.24) is 25.4 Å². The first-order chi connectivity index (χ1) is 12.5. The lowest BCUT2D eigenvalue weighted by molar-refractivity contribution is -0.117. The number of benzene rings is 1. The summed E-state index contributed by atoms with van der Waals surface area (Å²) in [6.45, 7) is 0.238. The van der Waals surface area contributed by atoms with Gasteiger partial charge < -0.3 is 14.6 Å². The van der Waals surface area contributed by atoms with Crippen LogP contribution in [0.3, 0.4) is 0 Å². The summed E-state index contributed by atoms with van der Waals surface area (Å²) in [5, 5.41) is 14.3. The number of aromatic nitrogens is 3. The maximum absolute atomic E-state index is 11.8. The topological polar surface area (TPSA) is 98.1 Å². The Labute approximate surface area is 159 Å². The Bertz CT molecular complexity index is 792. The minimum atomic E-state index is -0.451. The van der Waals surface area contributed by atoms with E-state index in [0.29, 0.717) is 21.8 Å². The van der Waals surface area contributed by atoms with Gasteiger partial charge in [0.1, 0.15) is 12.4 Å². The maximum Gasteiger partial charge on any atom is 0.321 e. The van der Waals surface area contributed by atoms with Gasteiger partial charge in [-0.2, -0.15) is 0 Å². The fourth-order valence-electron chi connectivity index (χ4n) is 2.02. The summed E-state index contributed by atoms with van der Waals surface area (Å²) in [7, 11) is 1.79. The van der Waals surface area contributed by atoms with E-state index in [0.717, 1.165) is 12.8 Å². The highest BCUT2D eigenvalue weighted by Gasteiger charge is 2.24. The first-order valence-corrected chi connectivity index (χ1v) is 9.37. The van der Waals surface area contributed by atoms with Gasteiger partial charge in [0, 0.05) is 18.1 Å². The van der Waals surface area contributed by atoms with Crippen molar-refractivity contribution in [2.75, 3.05) is 5.75 Å². The third kappa shape index (κ3) is 5.37. The molecule has 0 unspecified atom stereocenters. The van der Waals surface area contributed by atoms with Gasteiger partial charge in [-0.1, -0.05) is 23.4 Å². The van der Waals surface area contributed by atoms with Crippen molar-refractivity contribution < 1.29 is 14.3 Å². The Morgan fingerprint density at radius 3 is 2.73 bits per heavy atom. The molecule has 0 spiro atoms. The predicted octanol–water partition coefficient (Wildman–Crippen LogP) is 2.13. The van der Waals surface area contributed by atoms with E-state index in [1.807, 2.05) is 0 Å². The molecule has 3 rings (SSSR count). The van der Waals surface area contributed by atoms with Crippen LogP contribution in [0.15, 0.2) is 29.4 Å². The molecule has 8 nitrogen and oxygen atoms in total. The Morgan fingerprint density at radius 1 is 1.31 bits per heavy atom. The average molecular weight is 396 g/mol. The van der Waals surface area contributed by atoms with E-state index in [2.05, 4.69) is 20.8 Å². The average Bonchev–Trinajstić information content (AvgIpc) is 3.35. The molecule has 1 saturated carbocycles. The molecule has 0 aliphatic heterocycles. The van der Waals surface area contributed by atoms with Crippen molar-refractivity contribution in [1.29, 1.82) is 0 Å². The molecule has 3 amide bonds. The van der Waals surface area contributed by atoms with Crippen LogP contribution in [-0.2, 0) is 18.4 Å². The van der Waals surface area contributed by atoms with E-state index in [1.165, 1.54) is 11.8 Å². The van der Waals surface area contributed by atoms with Crippen LogP contribution in [0.1, 0.15) is 18.7 Å². The highest BCUT2D eigenvalue weighted by Crippen LogP contribution is 2.19. The van der Waals surface area contributed by atoms with E-state index in [-0.39, 0.29) is 24.3 Å². The summed E-state index contributed by atoms with van der Waals surface area (Å²) in [4.78, 5) is 23.3. The molecule has 1 aliphatic carbocycles. The largest absolute Gasteiger partial charge is 0.486 e. The smallest absolute Gasteiger partial charge is 0.321 e. The van der Waals surface area contributed by atoms with Gasteiger partial charge in [-0.25, -0.2) is 4.79 Å². The number of rotatable bonds is 7. The van der Waals surface area contributed by atoms with Crippen molar-refractivity contribution in [2.45, 2.75) is 30.6 Å². The van der Waals surface area contributed by atoms with Gasteiger partial charge in [0.2, 0.25) is 5.91 Å². The molecule has 1 fully saturated rings. The van der Waals surface area contributed by atoms with E-state index < -0.39 is 6.03 Å². The lowest BCUT2D eigenvalue weighted by Gasteiger charge is -2.07. The summed E-state index contributed by atoms with van der Waals surface area (Å²) >= 11 is 7.03. The predicted molar refractivity (Wildman–Crippen MR) is 97.2 cm³/mol. The molecule has 0 saturated heterocycles. The van der Waals surface area contributed by atoms with Crippen molar-refractivity contribution in [3.63, 3.8) is 0 Å². The number of carbonyl (C=O) groups excluding carboxylic acids is 2. The number of urea groups is 1. The van der Waals surface area contributed by atoms with Crippen LogP contribution in [0.2, 0.25) is 5.02 Å². The summed E-state index contributed by atoms with van der Waals surface area (Å²) < 4.78 is 7.39. The zero-order valence-corrected chi connectivity index (χ0v) is 15.6. The van der Waals surface area contributed by atoms with Crippen molar-refractivity contribution in [3.8, 4) is 5.75 Å². The van der Waals surface area contributed by atoms with Gasteiger partial charge in [-0.3, -0.25) is 10.1 Å². The van der Waals surface area contributed by atoms with Gasteiger partial charge in [0.15, 0.2) is 11.0 Å². The number of hydrogen-bond donors (Lipinski definition) is 2. The lowest BCUT2D eigenvalue weighted by Crippen LogP contribution is -2.41. The molecule has 0 atom stereocenters. The number of hydrogen-bond acceptors (Lipinski definition) is 6. The fourth-order valence-corrected chi connectivity index (χ4v) is 2.87. The first kappa shape index (κ1) is 18.5. The highest BCUT2D eigenvalue weighted by molar-refractivity contribution is 7.99. The second kappa shape index (κ2) is 8.41. The quantitative estimate of drug-likeness (QED) is 0.697. The number of amides is 3.